The van der Waals surface area contributed by atoms with E-state index in [0.717, 1.165) is 11.1 Å². The summed E-state index contributed by atoms with van der Waals surface area (Å²) in [7, 11) is 0. The first kappa shape index (κ1) is 9.65. The molecule has 0 atom stereocenters. The Morgan fingerprint density at radius 3 is 2.80 bits per heavy atom. The van der Waals surface area contributed by atoms with Crippen LogP contribution in [-0.2, 0) is 0 Å². The Balaban J connectivity index is 2.43. The lowest BCUT2D eigenvalue weighted by Gasteiger charge is -2.07. The van der Waals surface area contributed by atoms with Crippen LogP contribution in [0.4, 0.5) is 0 Å². The van der Waals surface area contributed by atoms with Gasteiger partial charge in [0.1, 0.15) is 0 Å². The number of hydrogen-bond donors (Lipinski definition) is 0. The quantitative estimate of drug-likeness (QED) is 0.763. The minimum absolute atomic E-state index is 0.615. The fraction of sp³-hybridized carbons (Fsp3) is 0.167. The van der Waals surface area contributed by atoms with Crippen molar-refractivity contribution in [2.45, 2.75) is 6.92 Å². The average Bonchev–Trinajstić information content (AvgIpc) is 2.31. The van der Waals surface area contributed by atoms with Crippen molar-refractivity contribution in [3.8, 4) is 17.0 Å². The Labute approximate surface area is 88.8 Å². The van der Waals surface area contributed by atoms with Gasteiger partial charge in [-0.25, -0.2) is 4.98 Å². The predicted octanol–water partition coefficient (Wildman–Crippen LogP) is 2.54. The third kappa shape index (κ3) is 2.13. The van der Waals surface area contributed by atoms with Crippen molar-refractivity contribution in [2.24, 2.45) is 0 Å². The SMILES string of the molecule is CCOc1ncccc1-c1cccnc1. The summed E-state index contributed by atoms with van der Waals surface area (Å²) < 4.78 is 5.45. The second-order valence-corrected chi connectivity index (χ2v) is 3.03. The molecule has 2 rings (SSSR count). The molecule has 2 aromatic heterocycles. The highest BCUT2D eigenvalue weighted by molar-refractivity contribution is 5.67. The van der Waals surface area contributed by atoms with Gasteiger partial charge in [0, 0.05) is 29.7 Å². The zero-order valence-corrected chi connectivity index (χ0v) is 8.55. The van der Waals surface area contributed by atoms with Crippen molar-refractivity contribution >= 4 is 0 Å². The first-order chi connectivity index (χ1) is 7.42. The van der Waals surface area contributed by atoms with Crippen LogP contribution in [0.25, 0.3) is 11.1 Å². The van der Waals surface area contributed by atoms with Gasteiger partial charge in [0.05, 0.1) is 6.61 Å². The molecule has 3 nitrogen and oxygen atoms in total. The molecule has 0 unspecified atom stereocenters. The second kappa shape index (κ2) is 4.55. The summed E-state index contributed by atoms with van der Waals surface area (Å²) in [5, 5.41) is 0. The third-order valence-corrected chi connectivity index (χ3v) is 2.02. The fourth-order valence-electron chi connectivity index (χ4n) is 1.38. The summed E-state index contributed by atoms with van der Waals surface area (Å²) in [5.41, 5.74) is 2.00. The summed E-state index contributed by atoms with van der Waals surface area (Å²) >= 11 is 0. The lowest BCUT2D eigenvalue weighted by Crippen LogP contribution is -1.96. The van der Waals surface area contributed by atoms with Crippen LogP contribution in [0, 0.1) is 0 Å². The first-order valence-corrected chi connectivity index (χ1v) is 4.90. The van der Waals surface area contributed by atoms with E-state index >= 15 is 0 Å². The van der Waals surface area contributed by atoms with E-state index in [1.807, 2.05) is 31.2 Å². The van der Waals surface area contributed by atoms with Gasteiger partial charge in [0.2, 0.25) is 5.88 Å². The predicted molar refractivity (Wildman–Crippen MR) is 58.6 cm³/mol. The summed E-state index contributed by atoms with van der Waals surface area (Å²) in [6, 6.07) is 7.77. The molecule has 0 aromatic carbocycles. The number of hydrogen-bond acceptors (Lipinski definition) is 3. The Kier molecular flexibility index (Phi) is 2.93. The molecule has 0 aliphatic rings. The number of ether oxygens (including phenoxy) is 1. The van der Waals surface area contributed by atoms with Crippen LogP contribution in [0.3, 0.4) is 0 Å². The van der Waals surface area contributed by atoms with Crippen LogP contribution in [0.1, 0.15) is 6.92 Å². The molecule has 76 valence electrons. The van der Waals surface area contributed by atoms with Crippen molar-refractivity contribution in [3.05, 3.63) is 42.9 Å². The Hall–Kier alpha value is -1.90. The van der Waals surface area contributed by atoms with Crippen LogP contribution in [0.2, 0.25) is 0 Å². The van der Waals surface area contributed by atoms with Gasteiger partial charge in [0.25, 0.3) is 0 Å². The molecule has 0 aliphatic heterocycles. The van der Waals surface area contributed by atoms with Crippen LogP contribution < -0.4 is 4.74 Å². The molecule has 2 heterocycles. The van der Waals surface area contributed by atoms with Gasteiger partial charge < -0.3 is 4.74 Å². The molecule has 0 aliphatic carbocycles. The van der Waals surface area contributed by atoms with Gasteiger partial charge in [0.15, 0.2) is 0 Å². The third-order valence-electron chi connectivity index (χ3n) is 2.02. The minimum Gasteiger partial charge on any atom is -0.478 e. The van der Waals surface area contributed by atoms with E-state index in [4.69, 9.17) is 4.74 Å². The van der Waals surface area contributed by atoms with E-state index in [0.29, 0.717) is 12.5 Å². The smallest absolute Gasteiger partial charge is 0.221 e. The Morgan fingerprint density at radius 1 is 1.20 bits per heavy atom. The zero-order chi connectivity index (χ0) is 10.5. The molecular weight excluding hydrogens is 188 g/mol. The summed E-state index contributed by atoms with van der Waals surface area (Å²) in [5.74, 6) is 0.660. The highest BCUT2D eigenvalue weighted by Crippen LogP contribution is 2.26. The molecule has 15 heavy (non-hydrogen) atoms. The standard InChI is InChI=1S/C12H12N2O/c1-2-15-12-11(6-4-8-14-12)10-5-3-7-13-9-10/h3-9H,2H2,1H3. The summed E-state index contributed by atoms with van der Waals surface area (Å²) in [6.45, 7) is 2.56. The van der Waals surface area contributed by atoms with Crippen LogP contribution in [0.15, 0.2) is 42.9 Å². The molecule has 0 fully saturated rings. The first-order valence-electron chi connectivity index (χ1n) is 4.90. The molecule has 2 aromatic rings. The highest BCUT2D eigenvalue weighted by Gasteiger charge is 2.05. The molecule has 0 saturated carbocycles. The molecule has 0 saturated heterocycles. The monoisotopic (exact) mass is 200 g/mol. The molecule has 0 radical (unpaired) electrons. The van der Waals surface area contributed by atoms with Crippen molar-refractivity contribution in [2.75, 3.05) is 6.61 Å². The average molecular weight is 200 g/mol. The zero-order valence-electron chi connectivity index (χ0n) is 8.55. The maximum Gasteiger partial charge on any atom is 0.221 e. The molecule has 0 N–H and O–H groups in total. The number of aromatic nitrogens is 2. The van der Waals surface area contributed by atoms with Crippen molar-refractivity contribution < 1.29 is 4.74 Å². The van der Waals surface area contributed by atoms with Crippen LogP contribution >= 0.6 is 0 Å². The van der Waals surface area contributed by atoms with Gasteiger partial charge in [-0.15, -0.1) is 0 Å². The van der Waals surface area contributed by atoms with E-state index in [9.17, 15) is 0 Å². The van der Waals surface area contributed by atoms with Gasteiger partial charge in [-0.2, -0.15) is 0 Å². The van der Waals surface area contributed by atoms with Gasteiger partial charge in [-0.05, 0) is 25.1 Å². The molecular formula is C12H12N2O. The van der Waals surface area contributed by atoms with E-state index in [-0.39, 0.29) is 0 Å². The van der Waals surface area contributed by atoms with Crippen molar-refractivity contribution in [3.63, 3.8) is 0 Å². The summed E-state index contributed by atoms with van der Waals surface area (Å²) in [4.78, 5) is 8.27. The highest BCUT2D eigenvalue weighted by atomic mass is 16.5. The normalized spacial score (nSPS) is 9.93. The van der Waals surface area contributed by atoms with Gasteiger partial charge in [-0.3, -0.25) is 4.98 Å². The van der Waals surface area contributed by atoms with Gasteiger partial charge in [-0.1, -0.05) is 6.07 Å². The second-order valence-electron chi connectivity index (χ2n) is 3.03. The Morgan fingerprint density at radius 2 is 2.07 bits per heavy atom. The largest absolute Gasteiger partial charge is 0.478 e. The van der Waals surface area contributed by atoms with Crippen molar-refractivity contribution in [1.82, 2.24) is 9.97 Å². The lowest BCUT2D eigenvalue weighted by molar-refractivity contribution is 0.328. The Bertz CT molecular complexity index is 429. The molecule has 0 amide bonds. The van der Waals surface area contributed by atoms with E-state index in [1.54, 1.807) is 18.6 Å². The van der Waals surface area contributed by atoms with Gasteiger partial charge >= 0.3 is 0 Å². The molecule has 0 spiro atoms. The minimum atomic E-state index is 0.615. The lowest BCUT2D eigenvalue weighted by atomic mass is 10.1. The number of rotatable bonds is 3. The van der Waals surface area contributed by atoms with E-state index in [1.165, 1.54) is 0 Å². The van der Waals surface area contributed by atoms with E-state index in [2.05, 4.69) is 9.97 Å². The fourth-order valence-corrected chi connectivity index (χ4v) is 1.38. The number of nitrogens with zero attached hydrogens (tertiary/aromatic N) is 2. The number of pyridine rings is 2. The van der Waals surface area contributed by atoms with E-state index < -0.39 is 0 Å². The van der Waals surface area contributed by atoms with Crippen LogP contribution in [0.5, 0.6) is 5.88 Å². The molecule has 3 heteroatoms. The maximum atomic E-state index is 5.45. The maximum absolute atomic E-state index is 5.45. The summed E-state index contributed by atoms with van der Waals surface area (Å²) in [6.07, 6.45) is 5.28. The van der Waals surface area contributed by atoms with Crippen LogP contribution in [-0.4, -0.2) is 16.6 Å². The van der Waals surface area contributed by atoms with Crippen molar-refractivity contribution in [1.29, 1.82) is 0 Å². The molecule has 0 bridgehead atoms. The topological polar surface area (TPSA) is 35.0 Å².